The smallest absolute Gasteiger partial charge is 0.180 e. The predicted molar refractivity (Wildman–Crippen MR) is 60.0 cm³/mol. The maximum absolute atomic E-state index is 9.87. The van der Waals surface area contributed by atoms with E-state index in [9.17, 15) is 5.11 Å². The Labute approximate surface area is 97.0 Å². The molecule has 2 atom stereocenters. The van der Waals surface area contributed by atoms with Gasteiger partial charge in [-0.05, 0) is 6.92 Å². The molecule has 0 radical (unpaired) electrons. The molecule has 0 saturated carbocycles. The van der Waals surface area contributed by atoms with E-state index < -0.39 is 12.1 Å². The molecule has 0 aromatic carbocycles. The normalized spacial score (nSPS) is 14.9. The molecule has 0 bridgehead atoms. The number of aliphatic hydroxyl groups excluding tert-OH is 1. The van der Waals surface area contributed by atoms with Gasteiger partial charge in [0.05, 0.1) is 11.2 Å². The van der Waals surface area contributed by atoms with Crippen molar-refractivity contribution in [1.82, 2.24) is 9.97 Å². The molecule has 6 heteroatoms. The first-order valence-electron chi connectivity index (χ1n) is 4.90. The molecule has 16 heavy (non-hydrogen) atoms. The highest BCUT2D eigenvalue weighted by Crippen LogP contribution is 2.20. The van der Waals surface area contributed by atoms with E-state index >= 15 is 0 Å². The molecule has 0 fully saturated rings. The molecule has 0 aliphatic heterocycles. The number of hydrogen-bond acceptors (Lipinski definition) is 6. The molecule has 2 aromatic rings. The minimum atomic E-state index is -0.829. The van der Waals surface area contributed by atoms with Gasteiger partial charge in [-0.15, -0.1) is 11.3 Å². The number of nitrogens with zero attached hydrogens (tertiary/aromatic N) is 2. The third-order valence-electron chi connectivity index (χ3n) is 2.25. The zero-order chi connectivity index (χ0) is 11.5. The number of aromatic nitrogens is 2. The lowest BCUT2D eigenvalue weighted by molar-refractivity contribution is 0.121. The van der Waals surface area contributed by atoms with Gasteiger partial charge < -0.3 is 15.3 Å². The average Bonchev–Trinajstić information content (AvgIpc) is 2.88. The van der Waals surface area contributed by atoms with E-state index in [0.29, 0.717) is 12.2 Å². The second-order valence-electron chi connectivity index (χ2n) is 3.56. The summed E-state index contributed by atoms with van der Waals surface area (Å²) < 4.78 is 5.01. The van der Waals surface area contributed by atoms with E-state index in [2.05, 4.69) is 9.97 Å². The fraction of sp³-hybridized carbons (Fsp3) is 0.400. The summed E-state index contributed by atoms with van der Waals surface area (Å²) in [6, 6.07) is -0.409. The van der Waals surface area contributed by atoms with Crippen LogP contribution in [0.3, 0.4) is 0 Å². The molecule has 0 amide bonds. The van der Waals surface area contributed by atoms with Crippen LogP contribution >= 0.6 is 11.3 Å². The Kier molecular flexibility index (Phi) is 3.33. The van der Waals surface area contributed by atoms with Crippen LogP contribution in [0.15, 0.2) is 23.2 Å². The van der Waals surface area contributed by atoms with E-state index in [1.54, 1.807) is 17.5 Å². The summed E-state index contributed by atoms with van der Waals surface area (Å²) in [5, 5.41) is 10.9. The number of hydrogen-bond donors (Lipinski definition) is 2. The first-order valence-corrected chi connectivity index (χ1v) is 5.72. The molecule has 0 saturated heterocycles. The lowest BCUT2D eigenvalue weighted by Crippen LogP contribution is -2.30. The van der Waals surface area contributed by atoms with Crippen LogP contribution in [0.4, 0.5) is 0 Å². The van der Waals surface area contributed by atoms with Gasteiger partial charge in [-0.2, -0.15) is 0 Å². The minimum Gasteiger partial charge on any atom is -0.446 e. The van der Waals surface area contributed by atoms with Gasteiger partial charge in [0.2, 0.25) is 0 Å². The minimum absolute atomic E-state index is 0.397. The molecule has 2 heterocycles. The fourth-order valence-electron chi connectivity index (χ4n) is 1.43. The van der Waals surface area contributed by atoms with Crippen molar-refractivity contribution in [3.63, 3.8) is 0 Å². The molecule has 5 nitrogen and oxygen atoms in total. The maximum Gasteiger partial charge on any atom is 0.180 e. The zero-order valence-corrected chi connectivity index (χ0v) is 9.65. The van der Waals surface area contributed by atoms with Crippen LogP contribution in [0.1, 0.15) is 21.7 Å². The van der Waals surface area contributed by atoms with Crippen molar-refractivity contribution in [1.29, 1.82) is 0 Å². The predicted octanol–water partition coefficient (Wildman–Crippen LogP) is 1.04. The highest BCUT2D eigenvalue weighted by atomic mass is 32.1. The summed E-state index contributed by atoms with van der Waals surface area (Å²) in [6.45, 7) is 1.94. The monoisotopic (exact) mass is 239 g/mol. The topological polar surface area (TPSA) is 85.2 Å². The van der Waals surface area contributed by atoms with Crippen LogP contribution in [0, 0.1) is 6.92 Å². The summed E-state index contributed by atoms with van der Waals surface area (Å²) in [7, 11) is 0. The van der Waals surface area contributed by atoms with E-state index in [4.69, 9.17) is 10.2 Å². The van der Waals surface area contributed by atoms with E-state index in [1.807, 2.05) is 6.92 Å². The summed E-state index contributed by atoms with van der Waals surface area (Å²) in [5.41, 5.74) is 5.89. The number of thiazole rings is 1. The standard InChI is InChI=1S/C10H13N3O2S/c1-6-13-3-7(16-6)2-8(11)10(14)9-4-12-5-15-9/h3-5,8,10,14H,2,11H2,1H3. The Morgan fingerprint density at radius 3 is 2.94 bits per heavy atom. The average molecular weight is 239 g/mol. The van der Waals surface area contributed by atoms with Crippen molar-refractivity contribution >= 4 is 11.3 Å². The highest BCUT2D eigenvalue weighted by Gasteiger charge is 2.20. The molecule has 0 spiro atoms. The van der Waals surface area contributed by atoms with Gasteiger partial charge in [0, 0.05) is 23.5 Å². The van der Waals surface area contributed by atoms with Crippen LogP contribution in [-0.2, 0) is 6.42 Å². The summed E-state index contributed by atoms with van der Waals surface area (Å²) in [5.74, 6) is 0.397. The van der Waals surface area contributed by atoms with Crippen LogP contribution in [0.5, 0.6) is 0 Å². The van der Waals surface area contributed by atoms with Gasteiger partial charge in [-0.1, -0.05) is 0 Å². The second-order valence-corrected chi connectivity index (χ2v) is 4.88. The van der Waals surface area contributed by atoms with Gasteiger partial charge in [-0.25, -0.2) is 9.97 Å². The van der Waals surface area contributed by atoms with Gasteiger partial charge in [0.1, 0.15) is 6.10 Å². The molecule has 2 unspecified atom stereocenters. The second kappa shape index (κ2) is 4.73. The third kappa shape index (κ3) is 2.46. The number of aliphatic hydroxyl groups is 1. The summed E-state index contributed by atoms with van der Waals surface area (Å²) in [6.07, 6.45) is 4.29. The zero-order valence-electron chi connectivity index (χ0n) is 8.83. The molecule has 2 rings (SSSR count). The van der Waals surface area contributed by atoms with E-state index in [1.165, 1.54) is 12.6 Å². The highest BCUT2D eigenvalue weighted by molar-refractivity contribution is 7.11. The summed E-state index contributed by atoms with van der Waals surface area (Å²) >= 11 is 1.58. The molecule has 0 aliphatic rings. The van der Waals surface area contributed by atoms with Crippen molar-refractivity contribution in [2.75, 3.05) is 0 Å². The fourth-order valence-corrected chi connectivity index (χ4v) is 2.29. The Balaban J connectivity index is 2.00. The molecule has 2 aromatic heterocycles. The first-order chi connectivity index (χ1) is 7.66. The van der Waals surface area contributed by atoms with Crippen molar-refractivity contribution in [3.05, 3.63) is 34.4 Å². The molecular weight excluding hydrogens is 226 g/mol. The van der Waals surface area contributed by atoms with Crippen molar-refractivity contribution in [3.8, 4) is 0 Å². The maximum atomic E-state index is 9.87. The SMILES string of the molecule is Cc1ncc(CC(N)C(O)c2cnco2)s1. The molecular formula is C10H13N3O2S. The van der Waals surface area contributed by atoms with E-state index in [0.717, 1.165) is 9.88 Å². The first kappa shape index (κ1) is 11.3. The lowest BCUT2D eigenvalue weighted by Gasteiger charge is -2.15. The molecule has 0 aliphatic carbocycles. The Morgan fingerprint density at radius 2 is 2.38 bits per heavy atom. The Morgan fingerprint density at radius 1 is 1.56 bits per heavy atom. The number of rotatable bonds is 4. The molecule has 3 N–H and O–H groups in total. The quantitative estimate of drug-likeness (QED) is 0.832. The van der Waals surface area contributed by atoms with Crippen LogP contribution < -0.4 is 5.73 Å². The van der Waals surface area contributed by atoms with Gasteiger partial charge >= 0.3 is 0 Å². The van der Waals surface area contributed by atoms with Crippen LogP contribution in [0.25, 0.3) is 0 Å². The Hall–Kier alpha value is -1.24. The van der Waals surface area contributed by atoms with Crippen molar-refractivity contribution < 1.29 is 9.52 Å². The molecule has 86 valence electrons. The van der Waals surface area contributed by atoms with Gasteiger partial charge in [-0.3, -0.25) is 0 Å². The van der Waals surface area contributed by atoms with Crippen LogP contribution in [0.2, 0.25) is 0 Å². The van der Waals surface area contributed by atoms with Gasteiger partial charge in [0.15, 0.2) is 12.2 Å². The van der Waals surface area contributed by atoms with Crippen molar-refractivity contribution in [2.45, 2.75) is 25.5 Å². The van der Waals surface area contributed by atoms with Crippen molar-refractivity contribution in [2.24, 2.45) is 5.73 Å². The summed E-state index contributed by atoms with van der Waals surface area (Å²) in [4.78, 5) is 8.94. The Bertz CT molecular complexity index is 441. The third-order valence-corrected chi connectivity index (χ3v) is 3.19. The lowest BCUT2D eigenvalue weighted by atomic mass is 10.1. The largest absolute Gasteiger partial charge is 0.446 e. The number of oxazole rings is 1. The van der Waals surface area contributed by atoms with Crippen LogP contribution in [-0.4, -0.2) is 21.1 Å². The van der Waals surface area contributed by atoms with Gasteiger partial charge in [0.25, 0.3) is 0 Å². The van der Waals surface area contributed by atoms with E-state index in [-0.39, 0.29) is 0 Å². The number of aryl methyl sites for hydroxylation is 1. The number of nitrogens with two attached hydrogens (primary N) is 1.